The SMILES string of the molecule is CC(=O)c1cccc(OCC(=O)N2CCN(c3cccc(C)c3)CC2)c1. The minimum atomic E-state index is -0.0258. The highest BCUT2D eigenvalue weighted by molar-refractivity contribution is 5.94. The van der Waals surface area contributed by atoms with E-state index >= 15 is 0 Å². The predicted molar refractivity (Wildman–Crippen MR) is 102 cm³/mol. The first-order chi connectivity index (χ1) is 12.5. The maximum absolute atomic E-state index is 12.4. The molecule has 26 heavy (non-hydrogen) atoms. The fourth-order valence-electron chi connectivity index (χ4n) is 3.08. The highest BCUT2D eigenvalue weighted by atomic mass is 16.5. The van der Waals surface area contributed by atoms with Crippen LogP contribution in [0.3, 0.4) is 0 Å². The Balaban J connectivity index is 1.51. The number of piperazine rings is 1. The molecule has 0 N–H and O–H groups in total. The molecule has 3 rings (SSSR count). The summed E-state index contributed by atoms with van der Waals surface area (Å²) >= 11 is 0. The average molecular weight is 352 g/mol. The third-order valence-corrected chi connectivity index (χ3v) is 4.60. The fourth-order valence-corrected chi connectivity index (χ4v) is 3.08. The van der Waals surface area contributed by atoms with Crippen LogP contribution in [0.15, 0.2) is 48.5 Å². The first-order valence-electron chi connectivity index (χ1n) is 8.86. The second-order valence-corrected chi connectivity index (χ2v) is 6.58. The minimum Gasteiger partial charge on any atom is -0.484 e. The number of hydrogen-bond acceptors (Lipinski definition) is 4. The summed E-state index contributed by atoms with van der Waals surface area (Å²) in [5.74, 6) is 0.501. The van der Waals surface area contributed by atoms with Crippen molar-refractivity contribution in [2.45, 2.75) is 13.8 Å². The quantitative estimate of drug-likeness (QED) is 0.777. The molecule has 1 aliphatic heterocycles. The molecule has 0 spiro atoms. The number of hydrogen-bond donors (Lipinski definition) is 0. The largest absolute Gasteiger partial charge is 0.484 e. The smallest absolute Gasteiger partial charge is 0.260 e. The molecule has 1 saturated heterocycles. The molecule has 0 aromatic heterocycles. The molecule has 1 amide bonds. The first-order valence-corrected chi connectivity index (χ1v) is 8.86. The van der Waals surface area contributed by atoms with Crippen molar-refractivity contribution in [3.8, 4) is 5.75 Å². The van der Waals surface area contributed by atoms with Crippen molar-refractivity contribution in [2.75, 3.05) is 37.7 Å². The highest BCUT2D eigenvalue weighted by Crippen LogP contribution is 2.18. The monoisotopic (exact) mass is 352 g/mol. The van der Waals surface area contributed by atoms with Crippen molar-refractivity contribution < 1.29 is 14.3 Å². The zero-order valence-electron chi connectivity index (χ0n) is 15.3. The number of nitrogens with zero attached hydrogens (tertiary/aromatic N) is 2. The third-order valence-electron chi connectivity index (χ3n) is 4.60. The normalized spacial score (nSPS) is 14.2. The highest BCUT2D eigenvalue weighted by Gasteiger charge is 2.21. The van der Waals surface area contributed by atoms with Crippen molar-refractivity contribution in [2.24, 2.45) is 0 Å². The van der Waals surface area contributed by atoms with Gasteiger partial charge in [-0.1, -0.05) is 24.3 Å². The Bertz CT molecular complexity index is 795. The van der Waals surface area contributed by atoms with Gasteiger partial charge in [-0.05, 0) is 43.7 Å². The van der Waals surface area contributed by atoms with E-state index in [2.05, 4.69) is 36.1 Å². The van der Waals surface area contributed by atoms with E-state index in [9.17, 15) is 9.59 Å². The topological polar surface area (TPSA) is 49.9 Å². The number of aryl methyl sites for hydroxylation is 1. The molecule has 136 valence electrons. The van der Waals surface area contributed by atoms with Gasteiger partial charge in [0.2, 0.25) is 0 Å². The van der Waals surface area contributed by atoms with Gasteiger partial charge in [-0.3, -0.25) is 9.59 Å². The number of rotatable bonds is 5. The lowest BCUT2D eigenvalue weighted by Crippen LogP contribution is -2.50. The number of ether oxygens (including phenoxy) is 1. The Kier molecular flexibility index (Phi) is 5.56. The fraction of sp³-hybridized carbons (Fsp3) is 0.333. The van der Waals surface area contributed by atoms with Crippen LogP contribution < -0.4 is 9.64 Å². The van der Waals surface area contributed by atoms with Crippen LogP contribution in [-0.4, -0.2) is 49.4 Å². The lowest BCUT2D eigenvalue weighted by molar-refractivity contribution is -0.133. The van der Waals surface area contributed by atoms with Gasteiger partial charge in [-0.25, -0.2) is 0 Å². The van der Waals surface area contributed by atoms with E-state index in [1.165, 1.54) is 18.2 Å². The minimum absolute atomic E-state index is 0.00813. The van der Waals surface area contributed by atoms with Crippen LogP contribution in [0.1, 0.15) is 22.8 Å². The molecule has 0 bridgehead atoms. The van der Waals surface area contributed by atoms with Gasteiger partial charge in [0, 0.05) is 37.4 Å². The van der Waals surface area contributed by atoms with Gasteiger partial charge >= 0.3 is 0 Å². The summed E-state index contributed by atoms with van der Waals surface area (Å²) in [6, 6.07) is 15.4. The molecular formula is C21H24N2O3. The van der Waals surface area contributed by atoms with Gasteiger partial charge in [0.25, 0.3) is 5.91 Å². The Labute approximate surface area is 154 Å². The second kappa shape index (κ2) is 8.04. The van der Waals surface area contributed by atoms with E-state index in [0.29, 0.717) is 24.4 Å². The third kappa shape index (κ3) is 4.42. The van der Waals surface area contributed by atoms with Crippen LogP contribution in [0, 0.1) is 6.92 Å². The molecule has 0 aliphatic carbocycles. The zero-order chi connectivity index (χ0) is 18.5. The van der Waals surface area contributed by atoms with Crippen LogP contribution in [0.4, 0.5) is 5.69 Å². The molecule has 1 fully saturated rings. The van der Waals surface area contributed by atoms with E-state index in [-0.39, 0.29) is 18.3 Å². The number of anilines is 1. The van der Waals surface area contributed by atoms with Crippen molar-refractivity contribution >= 4 is 17.4 Å². The van der Waals surface area contributed by atoms with Crippen molar-refractivity contribution in [3.05, 3.63) is 59.7 Å². The Morgan fingerprint density at radius 1 is 1.00 bits per heavy atom. The maximum Gasteiger partial charge on any atom is 0.260 e. The standard InChI is InChI=1S/C21H24N2O3/c1-16-5-3-7-19(13-16)22-9-11-23(12-10-22)21(25)15-26-20-8-4-6-18(14-20)17(2)24/h3-8,13-14H,9-12,15H2,1-2H3. The van der Waals surface area contributed by atoms with Crippen molar-refractivity contribution in [3.63, 3.8) is 0 Å². The number of Topliss-reactive ketones (excluding diaryl/α,β-unsaturated/α-hetero) is 1. The number of benzene rings is 2. The summed E-state index contributed by atoms with van der Waals surface area (Å²) < 4.78 is 5.58. The molecule has 1 aliphatic rings. The lowest BCUT2D eigenvalue weighted by Gasteiger charge is -2.36. The molecule has 2 aromatic rings. The van der Waals surface area contributed by atoms with Crippen LogP contribution in [-0.2, 0) is 4.79 Å². The van der Waals surface area contributed by atoms with E-state index in [1.54, 1.807) is 24.3 Å². The summed E-state index contributed by atoms with van der Waals surface area (Å²) in [7, 11) is 0. The number of ketones is 1. The summed E-state index contributed by atoms with van der Waals surface area (Å²) in [6.07, 6.45) is 0. The van der Waals surface area contributed by atoms with Gasteiger partial charge in [0.1, 0.15) is 5.75 Å². The van der Waals surface area contributed by atoms with E-state index in [4.69, 9.17) is 4.74 Å². The summed E-state index contributed by atoms with van der Waals surface area (Å²) in [4.78, 5) is 28.0. The Hall–Kier alpha value is -2.82. The van der Waals surface area contributed by atoms with Gasteiger partial charge in [0.05, 0.1) is 0 Å². The molecular weight excluding hydrogens is 328 g/mol. The molecule has 5 heteroatoms. The van der Waals surface area contributed by atoms with Crippen molar-refractivity contribution in [1.82, 2.24) is 4.90 Å². The number of carbonyl (C=O) groups excluding carboxylic acids is 2. The van der Waals surface area contributed by atoms with E-state index in [1.807, 2.05) is 4.90 Å². The van der Waals surface area contributed by atoms with Crippen LogP contribution in [0.5, 0.6) is 5.75 Å². The number of amides is 1. The Morgan fingerprint density at radius 3 is 2.42 bits per heavy atom. The van der Waals surface area contributed by atoms with E-state index in [0.717, 1.165) is 13.1 Å². The summed E-state index contributed by atoms with van der Waals surface area (Å²) in [5.41, 5.74) is 3.03. The van der Waals surface area contributed by atoms with Crippen LogP contribution in [0.2, 0.25) is 0 Å². The Morgan fingerprint density at radius 2 is 1.73 bits per heavy atom. The van der Waals surface area contributed by atoms with Gasteiger partial charge < -0.3 is 14.5 Å². The van der Waals surface area contributed by atoms with Gasteiger partial charge in [-0.15, -0.1) is 0 Å². The zero-order valence-corrected chi connectivity index (χ0v) is 15.3. The van der Waals surface area contributed by atoms with Crippen LogP contribution >= 0.6 is 0 Å². The predicted octanol–water partition coefficient (Wildman–Crippen LogP) is 2.93. The number of carbonyl (C=O) groups is 2. The van der Waals surface area contributed by atoms with Gasteiger partial charge in [-0.2, -0.15) is 0 Å². The molecule has 5 nitrogen and oxygen atoms in total. The molecule has 1 heterocycles. The summed E-state index contributed by atoms with van der Waals surface area (Å²) in [5, 5.41) is 0. The molecule has 2 aromatic carbocycles. The molecule has 0 saturated carbocycles. The molecule has 0 unspecified atom stereocenters. The second-order valence-electron chi connectivity index (χ2n) is 6.58. The first kappa shape index (κ1) is 18.0. The average Bonchev–Trinajstić information content (AvgIpc) is 2.66. The molecule has 0 atom stereocenters. The maximum atomic E-state index is 12.4. The van der Waals surface area contributed by atoms with Crippen molar-refractivity contribution in [1.29, 1.82) is 0 Å². The van der Waals surface area contributed by atoms with Crippen LogP contribution in [0.25, 0.3) is 0 Å². The van der Waals surface area contributed by atoms with E-state index < -0.39 is 0 Å². The lowest BCUT2D eigenvalue weighted by atomic mass is 10.1. The van der Waals surface area contributed by atoms with Gasteiger partial charge in [0.15, 0.2) is 12.4 Å². The molecule has 0 radical (unpaired) electrons. The summed E-state index contributed by atoms with van der Waals surface area (Å²) in [6.45, 7) is 6.59.